The zero-order chi connectivity index (χ0) is 11.5. The Labute approximate surface area is 89.9 Å². The van der Waals surface area contributed by atoms with Gasteiger partial charge >= 0.3 is 5.97 Å². The molecule has 0 heterocycles. The van der Waals surface area contributed by atoms with Gasteiger partial charge in [-0.2, -0.15) is 0 Å². The molecular formula is C11H18O4. The summed E-state index contributed by atoms with van der Waals surface area (Å²) >= 11 is 0. The molecule has 0 spiro atoms. The van der Waals surface area contributed by atoms with E-state index in [4.69, 9.17) is 14.6 Å². The monoisotopic (exact) mass is 214 g/mol. The molecule has 0 aromatic carbocycles. The van der Waals surface area contributed by atoms with Crippen LogP contribution in [-0.2, 0) is 14.3 Å². The molecule has 0 bridgehead atoms. The molecule has 0 saturated heterocycles. The van der Waals surface area contributed by atoms with Gasteiger partial charge in [0.05, 0.1) is 12.2 Å². The molecule has 1 aliphatic carbocycles. The standard InChI is InChI=1S/C11H18O4/c1-11(2,3)15-10(13)7-14-9-5-4-8(12)6-9/h4-5,8-9,12H,6-7H2,1-3H3/t8-,9+/m1/s1. The maximum absolute atomic E-state index is 11.3. The molecule has 2 atom stereocenters. The third-order valence-electron chi connectivity index (χ3n) is 1.86. The van der Waals surface area contributed by atoms with Crippen molar-refractivity contribution < 1.29 is 19.4 Å². The molecular weight excluding hydrogens is 196 g/mol. The Balaban J connectivity index is 2.20. The Hall–Kier alpha value is -0.870. The first kappa shape index (κ1) is 12.2. The largest absolute Gasteiger partial charge is 0.458 e. The average molecular weight is 214 g/mol. The van der Waals surface area contributed by atoms with Gasteiger partial charge in [-0.15, -0.1) is 0 Å². The highest BCUT2D eigenvalue weighted by molar-refractivity contribution is 5.71. The normalized spacial score (nSPS) is 25.6. The van der Waals surface area contributed by atoms with Crippen LogP contribution in [0.15, 0.2) is 12.2 Å². The fourth-order valence-corrected chi connectivity index (χ4v) is 1.32. The number of esters is 1. The van der Waals surface area contributed by atoms with E-state index in [1.165, 1.54) is 0 Å². The van der Waals surface area contributed by atoms with Crippen molar-refractivity contribution >= 4 is 5.97 Å². The molecule has 1 N–H and O–H groups in total. The fraction of sp³-hybridized carbons (Fsp3) is 0.727. The van der Waals surface area contributed by atoms with Crippen LogP contribution in [0.1, 0.15) is 27.2 Å². The first-order valence-electron chi connectivity index (χ1n) is 5.06. The third kappa shape index (κ3) is 4.95. The summed E-state index contributed by atoms with van der Waals surface area (Å²) in [5.74, 6) is -0.378. The van der Waals surface area contributed by atoms with Crippen LogP contribution < -0.4 is 0 Å². The predicted molar refractivity (Wildman–Crippen MR) is 55.3 cm³/mol. The van der Waals surface area contributed by atoms with Gasteiger partial charge in [-0.05, 0) is 20.8 Å². The number of hydrogen-bond donors (Lipinski definition) is 1. The van der Waals surface area contributed by atoms with Crippen LogP contribution in [0, 0.1) is 0 Å². The second-order valence-electron chi connectivity index (χ2n) is 4.62. The van der Waals surface area contributed by atoms with Gasteiger partial charge in [0.1, 0.15) is 12.2 Å². The molecule has 0 fully saturated rings. The number of rotatable bonds is 3. The molecule has 0 amide bonds. The van der Waals surface area contributed by atoms with Crippen molar-refractivity contribution in [2.24, 2.45) is 0 Å². The van der Waals surface area contributed by atoms with Gasteiger partial charge in [0.2, 0.25) is 0 Å². The second-order valence-corrected chi connectivity index (χ2v) is 4.62. The summed E-state index contributed by atoms with van der Waals surface area (Å²) in [6.07, 6.45) is 3.32. The van der Waals surface area contributed by atoms with Crippen molar-refractivity contribution in [2.75, 3.05) is 6.61 Å². The minimum Gasteiger partial charge on any atom is -0.458 e. The first-order chi connectivity index (χ1) is 6.87. The van der Waals surface area contributed by atoms with E-state index >= 15 is 0 Å². The minimum absolute atomic E-state index is 0.0704. The van der Waals surface area contributed by atoms with E-state index in [-0.39, 0.29) is 18.7 Å². The second kappa shape index (κ2) is 4.77. The van der Waals surface area contributed by atoms with Gasteiger partial charge in [0.15, 0.2) is 0 Å². The Kier molecular flexibility index (Phi) is 3.88. The highest BCUT2D eigenvalue weighted by Crippen LogP contribution is 2.14. The Bertz CT molecular complexity index is 252. The van der Waals surface area contributed by atoms with Gasteiger partial charge in [0, 0.05) is 6.42 Å². The van der Waals surface area contributed by atoms with Crippen molar-refractivity contribution in [3.8, 4) is 0 Å². The van der Waals surface area contributed by atoms with Crippen LogP contribution in [0.3, 0.4) is 0 Å². The van der Waals surface area contributed by atoms with Gasteiger partial charge in [0.25, 0.3) is 0 Å². The number of carbonyl (C=O) groups is 1. The zero-order valence-corrected chi connectivity index (χ0v) is 9.40. The maximum Gasteiger partial charge on any atom is 0.332 e. The summed E-state index contributed by atoms with van der Waals surface area (Å²) in [6.45, 7) is 5.36. The molecule has 0 saturated carbocycles. The van der Waals surface area contributed by atoms with Gasteiger partial charge in [-0.25, -0.2) is 4.79 Å². The van der Waals surface area contributed by atoms with E-state index in [9.17, 15) is 4.79 Å². The first-order valence-corrected chi connectivity index (χ1v) is 5.06. The lowest BCUT2D eigenvalue weighted by Crippen LogP contribution is -2.28. The Morgan fingerprint density at radius 3 is 2.60 bits per heavy atom. The van der Waals surface area contributed by atoms with E-state index in [2.05, 4.69) is 0 Å². The number of hydrogen-bond acceptors (Lipinski definition) is 4. The topological polar surface area (TPSA) is 55.8 Å². The minimum atomic E-state index is -0.481. The lowest BCUT2D eigenvalue weighted by Gasteiger charge is -2.20. The summed E-state index contributed by atoms with van der Waals surface area (Å²) in [7, 11) is 0. The highest BCUT2D eigenvalue weighted by Gasteiger charge is 2.20. The van der Waals surface area contributed by atoms with Gasteiger partial charge in [-0.1, -0.05) is 12.2 Å². The van der Waals surface area contributed by atoms with Crippen molar-refractivity contribution in [2.45, 2.75) is 45.0 Å². The Morgan fingerprint density at radius 1 is 1.47 bits per heavy atom. The molecule has 0 aromatic rings. The van der Waals surface area contributed by atoms with Crippen LogP contribution >= 0.6 is 0 Å². The van der Waals surface area contributed by atoms with Crippen LogP contribution in [0.5, 0.6) is 0 Å². The molecule has 0 aliphatic heterocycles. The molecule has 0 unspecified atom stereocenters. The van der Waals surface area contributed by atoms with E-state index in [0.717, 1.165) is 0 Å². The smallest absolute Gasteiger partial charge is 0.332 e. The zero-order valence-electron chi connectivity index (χ0n) is 9.40. The summed E-state index contributed by atoms with van der Waals surface area (Å²) in [5.41, 5.74) is -0.481. The van der Waals surface area contributed by atoms with Crippen molar-refractivity contribution in [3.63, 3.8) is 0 Å². The van der Waals surface area contributed by atoms with E-state index < -0.39 is 11.7 Å². The predicted octanol–water partition coefficient (Wildman–Crippen LogP) is 1.03. The number of carbonyl (C=O) groups excluding carboxylic acids is 1. The van der Waals surface area contributed by atoms with Crippen LogP contribution in [0.2, 0.25) is 0 Å². The van der Waals surface area contributed by atoms with E-state index in [1.807, 2.05) is 20.8 Å². The van der Waals surface area contributed by atoms with Crippen molar-refractivity contribution in [3.05, 3.63) is 12.2 Å². The molecule has 4 heteroatoms. The van der Waals surface area contributed by atoms with Gasteiger partial charge in [-0.3, -0.25) is 0 Å². The van der Waals surface area contributed by atoms with Crippen LogP contribution in [0.25, 0.3) is 0 Å². The maximum atomic E-state index is 11.3. The van der Waals surface area contributed by atoms with Crippen molar-refractivity contribution in [1.82, 2.24) is 0 Å². The van der Waals surface area contributed by atoms with E-state index in [0.29, 0.717) is 6.42 Å². The van der Waals surface area contributed by atoms with Crippen LogP contribution in [-0.4, -0.2) is 35.5 Å². The fourth-order valence-electron chi connectivity index (χ4n) is 1.32. The summed E-state index contributed by atoms with van der Waals surface area (Å²) in [6, 6.07) is 0. The molecule has 0 radical (unpaired) electrons. The third-order valence-corrected chi connectivity index (χ3v) is 1.86. The number of aliphatic hydroxyl groups excluding tert-OH is 1. The van der Waals surface area contributed by atoms with Gasteiger partial charge < -0.3 is 14.6 Å². The summed E-state index contributed by atoms with van der Waals surface area (Å²) < 4.78 is 10.3. The molecule has 4 nitrogen and oxygen atoms in total. The molecule has 15 heavy (non-hydrogen) atoms. The van der Waals surface area contributed by atoms with Crippen molar-refractivity contribution in [1.29, 1.82) is 0 Å². The molecule has 86 valence electrons. The molecule has 1 rings (SSSR count). The lowest BCUT2D eigenvalue weighted by atomic mass is 10.2. The molecule has 0 aromatic heterocycles. The SMILES string of the molecule is CC(C)(C)OC(=O)CO[C@H]1C=C[C@@H](O)C1. The number of ether oxygens (including phenoxy) is 2. The average Bonchev–Trinajstić information content (AvgIpc) is 2.45. The molecule has 1 aliphatic rings. The quantitative estimate of drug-likeness (QED) is 0.563. The number of aliphatic hydroxyl groups is 1. The summed E-state index contributed by atoms with van der Waals surface area (Å²) in [5, 5.41) is 9.17. The lowest BCUT2D eigenvalue weighted by molar-refractivity contribution is -0.161. The summed E-state index contributed by atoms with van der Waals surface area (Å²) in [4.78, 5) is 11.3. The highest BCUT2D eigenvalue weighted by atomic mass is 16.6. The van der Waals surface area contributed by atoms with E-state index in [1.54, 1.807) is 12.2 Å². The van der Waals surface area contributed by atoms with Crippen LogP contribution in [0.4, 0.5) is 0 Å². The Morgan fingerprint density at radius 2 is 2.13 bits per heavy atom.